The van der Waals surface area contributed by atoms with Gasteiger partial charge in [0.25, 0.3) is 5.91 Å². The number of rotatable bonds is 9. The molecule has 4 rings (SSSR count). The fourth-order valence-corrected chi connectivity index (χ4v) is 4.28. The van der Waals surface area contributed by atoms with Crippen LogP contribution in [0, 0.1) is 5.82 Å². The van der Waals surface area contributed by atoms with Crippen LogP contribution in [0.15, 0.2) is 46.6 Å². The second-order valence-corrected chi connectivity index (χ2v) is 8.89. The molecule has 0 aromatic heterocycles. The largest absolute Gasteiger partial charge is 0.392 e. The second-order valence-electron chi connectivity index (χ2n) is 8.48. The van der Waals surface area contributed by atoms with Gasteiger partial charge in [0, 0.05) is 23.7 Å². The van der Waals surface area contributed by atoms with Crippen LogP contribution in [0.1, 0.15) is 24.8 Å². The van der Waals surface area contributed by atoms with Crippen LogP contribution in [0.4, 0.5) is 4.39 Å². The average Bonchev–Trinajstić information content (AvgIpc) is 3.59. The van der Waals surface area contributed by atoms with Crippen molar-refractivity contribution in [2.24, 2.45) is 10.8 Å². The Morgan fingerprint density at radius 3 is 2.74 bits per heavy atom. The Morgan fingerprint density at radius 2 is 2.06 bits per heavy atom. The fraction of sp³-hybridized carbons (Fsp3) is 0.391. The summed E-state index contributed by atoms with van der Waals surface area (Å²) in [4.78, 5) is 39.0. The van der Waals surface area contributed by atoms with Gasteiger partial charge in [-0.05, 0) is 30.9 Å². The molecule has 0 saturated heterocycles. The molecule has 1 fully saturated rings. The van der Waals surface area contributed by atoms with Crippen LogP contribution in [-0.2, 0) is 20.9 Å². The molecule has 4 N–H and O–H groups in total. The molecule has 9 nitrogen and oxygen atoms in total. The third kappa shape index (κ3) is 5.13. The van der Waals surface area contributed by atoms with Crippen molar-refractivity contribution >= 4 is 35.0 Å². The summed E-state index contributed by atoms with van der Waals surface area (Å²) >= 11 is 5.78. The number of amides is 3. The lowest BCUT2D eigenvalue weighted by molar-refractivity contribution is -0.137. The number of aliphatic hydroxyl groups excluding tert-OH is 1. The number of hydrogen-bond acceptors (Lipinski definition) is 6. The highest BCUT2D eigenvalue weighted by Gasteiger charge is 2.40. The third-order valence-corrected chi connectivity index (χ3v) is 6.33. The molecule has 0 radical (unpaired) electrons. The number of carbonyl (C=O) groups is 3. The summed E-state index contributed by atoms with van der Waals surface area (Å²) in [5.41, 5.74) is 7.15. The number of primary amides is 1. The minimum atomic E-state index is -0.696. The van der Waals surface area contributed by atoms with E-state index in [2.05, 4.69) is 10.4 Å². The van der Waals surface area contributed by atoms with Crippen molar-refractivity contribution in [1.82, 2.24) is 15.2 Å². The molecule has 11 heteroatoms. The Balaban J connectivity index is 1.41. The van der Waals surface area contributed by atoms with E-state index >= 15 is 0 Å². The van der Waals surface area contributed by atoms with Crippen molar-refractivity contribution in [3.63, 3.8) is 0 Å². The third-order valence-electron chi connectivity index (χ3n) is 6.04. The highest BCUT2D eigenvalue weighted by Crippen LogP contribution is 2.32. The molecule has 3 amide bonds. The molecule has 1 unspecified atom stereocenters. The van der Waals surface area contributed by atoms with Crippen LogP contribution in [0.2, 0.25) is 5.02 Å². The van der Waals surface area contributed by atoms with Gasteiger partial charge < -0.3 is 21.1 Å². The predicted octanol–water partition coefficient (Wildman–Crippen LogP) is 0.861. The zero-order chi connectivity index (χ0) is 24.4. The second kappa shape index (κ2) is 9.94. The minimum Gasteiger partial charge on any atom is -0.392 e. The molecule has 0 spiro atoms. The standard InChI is InChI=1S/C23H25ClFN5O4/c24-17-3-1-2-14(21(17)25)9-27-19(32)10-29(15-5-6-15)20(33)11-30-18-8-13(12-31)4-7-16(18)22(28-30)23(26)34/h1-4,7,15,18,31H,5-6,8-12H2,(H2,26,34)(H,27,32). The van der Waals surface area contributed by atoms with Crippen LogP contribution < -0.4 is 11.1 Å². The van der Waals surface area contributed by atoms with Gasteiger partial charge in [0.05, 0.1) is 24.2 Å². The van der Waals surface area contributed by atoms with Crippen molar-refractivity contribution in [1.29, 1.82) is 0 Å². The molecule has 2 aliphatic carbocycles. The van der Waals surface area contributed by atoms with Gasteiger partial charge in [-0.3, -0.25) is 19.4 Å². The summed E-state index contributed by atoms with van der Waals surface area (Å²) in [7, 11) is 0. The maximum absolute atomic E-state index is 14.1. The smallest absolute Gasteiger partial charge is 0.269 e. The summed E-state index contributed by atoms with van der Waals surface area (Å²) in [5.74, 6) is -2.03. The number of halogens is 2. The molecule has 1 saturated carbocycles. The average molecular weight is 490 g/mol. The number of nitrogens with zero attached hydrogens (tertiary/aromatic N) is 3. The number of allylic oxidation sites excluding steroid dienone is 2. The first-order valence-corrected chi connectivity index (χ1v) is 11.3. The Bertz CT molecular complexity index is 1110. The van der Waals surface area contributed by atoms with E-state index in [1.54, 1.807) is 18.2 Å². The number of nitrogens with one attached hydrogen (secondary N) is 1. The Labute approximate surface area is 200 Å². The SMILES string of the molecule is NC(=O)C1=NN(CC(=O)N(CC(=O)NCc2cccc(Cl)c2F)C2CC2)C2CC(CO)=CC=C12. The number of aliphatic hydroxyl groups is 1. The van der Waals surface area contributed by atoms with Crippen LogP contribution in [-0.4, -0.2) is 70.2 Å². The Kier molecular flexibility index (Phi) is 6.99. The van der Waals surface area contributed by atoms with Crippen molar-refractivity contribution < 1.29 is 23.9 Å². The first-order chi connectivity index (χ1) is 16.3. The van der Waals surface area contributed by atoms with Crippen LogP contribution in [0.3, 0.4) is 0 Å². The lowest BCUT2D eigenvalue weighted by Crippen LogP contribution is -2.46. The van der Waals surface area contributed by atoms with Crippen molar-refractivity contribution in [3.05, 3.63) is 57.9 Å². The van der Waals surface area contributed by atoms with Crippen molar-refractivity contribution in [3.8, 4) is 0 Å². The summed E-state index contributed by atoms with van der Waals surface area (Å²) in [6, 6.07) is 4.09. The van der Waals surface area contributed by atoms with Gasteiger partial charge in [0.15, 0.2) is 5.71 Å². The number of benzene rings is 1. The number of carbonyl (C=O) groups excluding carboxylic acids is 3. The molecular formula is C23H25ClFN5O4. The van der Waals surface area contributed by atoms with Gasteiger partial charge in [-0.25, -0.2) is 4.39 Å². The molecule has 3 aliphatic rings. The first kappa shape index (κ1) is 23.9. The van der Waals surface area contributed by atoms with Gasteiger partial charge in [-0.1, -0.05) is 35.9 Å². The van der Waals surface area contributed by atoms with E-state index in [4.69, 9.17) is 17.3 Å². The molecule has 1 aliphatic heterocycles. The topological polar surface area (TPSA) is 128 Å². The monoisotopic (exact) mass is 489 g/mol. The van der Waals surface area contributed by atoms with Gasteiger partial charge >= 0.3 is 0 Å². The van der Waals surface area contributed by atoms with Crippen LogP contribution in [0.25, 0.3) is 0 Å². The van der Waals surface area contributed by atoms with E-state index in [9.17, 15) is 23.9 Å². The number of fused-ring (bicyclic) bond motifs is 1. The fourth-order valence-electron chi connectivity index (χ4n) is 4.08. The minimum absolute atomic E-state index is 0.0293. The van der Waals surface area contributed by atoms with Crippen LogP contribution >= 0.6 is 11.6 Å². The van der Waals surface area contributed by atoms with Crippen LogP contribution in [0.5, 0.6) is 0 Å². The Morgan fingerprint density at radius 1 is 1.29 bits per heavy atom. The molecule has 0 bridgehead atoms. The van der Waals surface area contributed by atoms with Gasteiger partial charge in [0.2, 0.25) is 11.8 Å². The summed E-state index contributed by atoms with van der Waals surface area (Å²) in [5, 5.41) is 17.9. The maximum atomic E-state index is 14.1. The molecule has 1 heterocycles. The Hall–Kier alpha value is -3.24. The maximum Gasteiger partial charge on any atom is 0.269 e. The zero-order valence-corrected chi connectivity index (χ0v) is 19.1. The van der Waals surface area contributed by atoms with E-state index < -0.39 is 17.6 Å². The number of nitrogens with two attached hydrogens (primary N) is 1. The quantitative estimate of drug-likeness (QED) is 0.474. The van der Waals surface area contributed by atoms with Crippen molar-refractivity contribution in [2.75, 3.05) is 19.7 Å². The first-order valence-electron chi connectivity index (χ1n) is 10.9. The predicted molar refractivity (Wildman–Crippen MR) is 123 cm³/mol. The molecule has 180 valence electrons. The molecule has 1 atom stereocenters. The summed E-state index contributed by atoms with van der Waals surface area (Å²) in [6.07, 6.45) is 5.38. The highest BCUT2D eigenvalue weighted by atomic mass is 35.5. The zero-order valence-electron chi connectivity index (χ0n) is 18.3. The van der Waals surface area contributed by atoms with Gasteiger partial charge in [-0.2, -0.15) is 5.10 Å². The van der Waals surface area contributed by atoms with E-state index in [1.165, 1.54) is 22.0 Å². The van der Waals surface area contributed by atoms with E-state index in [1.807, 2.05) is 0 Å². The highest BCUT2D eigenvalue weighted by molar-refractivity contribution is 6.45. The normalized spacial score (nSPS) is 19.1. The van der Waals surface area contributed by atoms with E-state index in [0.29, 0.717) is 12.0 Å². The van der Waals surface area contributed by atoms with Gasteiger partial charge in [0.1, 0.15) is 12.4 Å². The molecule has 34 heavy (non-hydrogen) atoms. The van der Waals surface area contributed by atoms with E-state index in [-0.39, 0.29) is 60.5 Å². The summed E-state index contributed by atoms with van der Waals surface area (Å²) < 4.78 is 14.1. The number of hydrazone groups is 1. The lowest BCUT2D eigenvalue weighted by atomic mass is 9.91. The molecule has 1 aromatic carbocycles. The van der Waals surface area contributed by atoms with E-state index in [0.717, 1.165) is 18.4 Å². The molecule has 1 aromatic rings. The lowest BCUT2D eigenvalue weighted by Gasteiger charge is -2.29. The number of hydrogen-bond donors (Lipinski definition) is 3. The van der Waals surface area contributed by atoms with Gasteiger partial charge in [-0.15, -0.1) is 0 Å². The molecular weight excluding hydrogens is 465 g/mol. The van der Waals surface area contributed by atoms with Crippen molar-refractivity contribution in [2.45, 2.75) is 37.9 Å². The summed E-state index contributed by atoms with van der Waals surface area (Å²) in [6.45, 7) is -0.524.